The van der Waals surface area contributed by atoms with Crippen LogP contribution in [0.15, 0.2) is 78.9 Å². The number of aliphatic carboxylic acids is 1. The standard InChI is InChI=1S/C33H36N2O6/c1-3-29-27(32(37)38)17-18-35(29)31(36)30(21(2)40-19-22-11-5-4-6-12-22)34-33(39)41-20-28-25-15-9-7-13-23(25)24-14-8-10-16-26(24)28/h4-16,21,27-30H,3,17-20H2,1-2H3,(H,34,39)(H,37,38). The number of likely N-dealkylation sites (tertiary alicyclic amines) is 1. The van der Waals surface area contributed by atoms with E-state index in [-0.39, 0.29) is 25.0 Å². The van der Waals surface area contributed by atoms with E-state index in [4.69, 9.17) is 9.47 Å². The highest BCUT2D eigenvalue weighted by Crippen LogP contribution is 2.44. The van der Waals surface area contributed by atoms with E-state index < -0.39 is 36.2 Å². The molecule has 1 fully saturated rings. The molecule has 1 heterocycles. The molecule has 0 aromatic heterocycles. The summed E-state index contributed by atoms with van der Waals surface area (Å²) < 4.78 is 11.8. The van der Waals surface area contributed by atoms with Crippen molar-refractivity contribution in [2.45, 2.75) is 57.4 Å². The second kappa shape index (κ2) is 12.6. The van der Waals surface area contributed by atoms with Crippen LogP contribution in [0.2, 0.25) is 0 Å². The molecule has 4 unspecified atom stereocenters. The Labute approximate surface area is 240 Å². The van der Waals surface area contributed by atoms with Gasteiger partial charge in [-0.05, 0) is 47.6 Å². The zero-order valence-corrected chi connectivity index (χ0v) is 23.4. The maximum atomic E-state index is 13.8. The first-order valence-corrected chi connectivity index (χ1v) is 14.2. The van der Waals surface area contributed by atoms with E-state index in [0.29, 0.717) is 19.4 Å². The van der Waals surface area contributed by atoms with Crippen LogP contribution in [-0.4, -0.2) is 59.3 Å². The molecule has 41 heavy (non-hydrogen) atoms. The number of rotatable bonds is 10. The van der Waals surface area contributed by atoms with Crippen LogP contribution in [0.5, 0.6) is 0 Å². The third kappa shape index (κ3) is 5.98. The van der Waals surface area contributed by atoms with E-state index >= 15 is 0 Å². The van der Waals surface area contributed by atoms with E-state index in [0.717, 1.165) is 27.8 Å². The lowest BCUT2D eigenvalue weighted by atomic mass is 9.98. The quantitative estimate of drug-likeness (QED) is 0.355. The van der Waals surface area contributed by atoms with Gasteiger partial charge < -0.3 is 24.8 Å². The molecule has 214 valence electrons. The minimum absolute atomic E-state index is 0.114. The summed E-state index contributed by atoms with van der Waals surface area (Å²) in [5, 5.41) is 12.4. The molecule has 2 amide bonds. The van der Waals surface area contributed by atoms with Crippen molar-refractivity contribution in [2.75, 3.05) is 13.2 Å². The van der Waals surface area contributed by atoms with E-state index in [2.05, 4.69) is 17.4 Å². The van der Waals surface area contributed by atoms with Gasteiger partial charge in [0.2, 0.25) is 5.91 Å². The molecular weight excluding hydrogens is 520 g/mol. The minimum Gasteiger partial charge on any atom is -0.481 e. The lowest BCUT2D eigenvalue weighted by Gasteiger charge is -2.32. The summed E-state index contributed by atoms with van der Waals surface area (Å²) in [5.74, 6) is -2.04. The Morgan fingerprint density at radius 1 is 0.951 bits per heavy atom. The number of carbonyl (C=O) groups excluding carboxylic acids is 2. The lowest BCUT2D eigenvalue weighted by Crippen LogP contribution is -2.56. The number of nitrogens with zero attached hydrogens (tertiary/aromatic N) is 1. The Hall–Kier alpha value is -4.17. The molecule has 3 aromatic rings. The molecule has 0 saturated carbocycles. The fourth-order valence-electron chi connectivity index (χ4n) is 6.14. The van der Waals surface area contributed by atoms with Crippen molar-refractivity contribution < 1.29 is 29.0 Å². The predicted octanol–water partition coefficient (Wildman–Crippen LogP) is 5.21. The number of benzene rings is 3. The highest BCUT2D eigenvalue weighted by Gasteiger charge is 2.43. The molecular formula is C33H36N2O6. The Morgan fingerprint density at radius 3 is 2.17 bits per heavy atom. The average Bonchev–Trinajstić information content (AvgIpc) is 3.57. The highest BCUT2D eigenvalue weighted by atomic mass is 16.5. The van der Waals surface area contributed by atoms with Gasteiger partial charge in [-0.3, -0.25) is 9.59 Å². The second-order valence-corrected chi connectivity index (χ2v) is 10.7. The number of fused-ring (bicyclic) bond motifs is 3. The van der Waals surface area contributed by atoms with E-state index in [9.17, 15) is 19.5 Å². The van der Waals surface area contributed by atoms with Gasteiger partial charge >= 0.3 is 12.1 Å². The van der Waals surface area contributed by atoms with Crippen molar-refractivity contribution in [1.29, 1.82) is 0 Å². The first-order chi connectivity index (χ1) is 19.9. The number of nitrogens with one attached hydrogen (secondary N) is 1. The molecule has 4 atom stereocenters. The van der Waals surface area contributed by atoms with Crippen LogP contribution in [-0.2, 0) is 25.7 Å². The van der Waals surface area contributed by atoms with Gasteiger partial charge in [-0.15, -0.1) is 0 Å². The van der Waals surface area contributed by atoms with Crippen LogP contribution in [0.3, 0.4) is 0 Å². The number of carboxylic acids is 1. The summed E-state index contributed by atoms with van der Waals surface area (Å²) in [7, 11) is 0. The monoisotopic (exact) mass is 556 g/mol. The SMILES string of the molecule is CCC1C(C(=O)O)CCN1C(=O)C(NC(=O)OCC1c2ccccc2-c2ccccc21)C(C)OCc1ccccc1. The first kappa shape index (κ1) is 28.4. The largest absolute Gasteiger partial charge is 0.481 e. The van der Waals surface area contributed by atoms with Gasteiger partial charge in [0.15, 0.2) is 0 Å². The molecule has 1 saturated heterocycles. The van der Waals surface area contributed by atoms with Crippen molar-refractivity contribution in [1.82, 2.24) is 10.2 Å². The first-order valence-electron chi connectivity index (χ1n) is 14.2. The molecule has 0 bridgehead atoms. The normalized spacial score (nSPS) is 19.2. The molecule has 0 spiro atoms. The van der Waals surface area contributed by atoms with Crippen molar-refractivity contribution in [3.8, 4) is 11.1 Å². The molecule has 0 radical (unpaired) electrons. The molecule has 3 aromatic carbocycles. The fourth-order valence-corrected chi connectivity index (χ4v) is 6.14. The third-order valence-electron chi connectivity index (χ3n) is 8.27. The molecule has 2 N–H and O–H groups in total. The zero-order valence-electron chi connectivity index (χ0n) is 23.4. The predicted molar refractivity (Wildman–Crippen MR) is 154 cm³/mol. The molecule has 2 aliphatic rings. The van der Waals surface area contributed by atoms with Gasteiger partial charge in [-0.25, -0.2) is 4.79 Å². The number of carboxylic acid groups (broad SMARTS) is 1. The molecule has 1 aliphatic carbocycles. The van der Waals surface area contributed by atoms with Crippen LogP contribution in [0.4, 0.5) is 4.79 Å². The van der Waals surface area contributed by atoms with Crippen molar-refractivity contribution in [2.24, 2.45) is 5.92 Å². The van der Waals surface area contributed by atoms with Gasteiger partial charge in [0.1, 0.15) is 12.6 Å². The summed E-state index contributed by atoms with van der Waals surface area (Å²) in [5.41, 5.74) is 5.37. The average molecular weight is 557 g/mol. The number of ether oxygens (including phenoxy) is 2. The summed E-state index contributed by atoms with van der Waals surface area (Å²) >= 11 is 0. The Bertz CT molecular complexity index is 1350. The van der Waals surface area contributed by atoms with Crippen molar-refractivity contribution in [3.05, 3.63) is 95.6 Å². The van der Waals surface area contributed by atoms with Crippen molar-refractivity contribution in [3.63, 3.8) is 0 Å². The molecule has 8 nitrogen and oxygen atoms in total. The van der Waals surface area contributed by atoms with Gasteiger partial charge in [0, 0.05) is 18.5 Å². The number of amides is 2. The van der Waals surface area contributed by atoms with Crippen LogP contribution < -0.4 is 5.32 Å². The smallest absolute Gasteiger partial charge is 0.407 e. The highest BCUT2D eigenvalue weighted by molar-refractivity contribution is 5.88. The number of carbonyl (C=O) groups is 3. The maximum absolute atomic E-state index is 13.8. The van der Waals surface area contributed by atoms with Gasteiger partial charge in [-0.1, -0.05) is 85.8 Å². The summed E-state index contributed by atoms with van der Waals surface area (Å²) in [4.78, 5) is 40.4. The van der Waals surface area contributed by atoms with Crippen LogP contribution in [0.1, 0.15) is 49.3 Å². The van der Waals surface area contributed by atoms with E-state index in [1.807, 2.05) is 73.7 Å². The molecule has 5 rings (SSSR count). The van der Waals surface area contributed by atoms with Crippen LogP contribution >= 0.6 is 0 Å². The van der Waals surface area contributed by atoms with Crippen molar-refractivity contribution >= 4 is 18.0 Å². The van der Waals surface area contributed by atoms with Gasteiger partial charge in [-0.2, -0.15) is 0 Å². The number of hydrogen-bond acceptors (Lipinski definition) is 5. The number of alkyl carbamates (subject to hydrolysis) is 1. The van der Waals surface area contributed by atoms with Gasteiger partial charge in [0.25, 0.3) is 0 Å². The van der Waals surface area contributed by atoms with Crippen LogP contribution in [0, 0.1) is 5.92 Å². The topological polar surface area (TPSA) is 105 Å². The Morgan fingerprint density at radius 2 is 1.56 bits per heavy atom. The summed E-state index contributed by atoms with van der Waals surface area (Å²) in [6.07, 6.45) is -0.539. The van der Waals surface area contributed by atoms with E-state index in [1.165, 1.54) is 0 Å². The summed E-state index contributed by atoms with van der Waals surface area (Å²) in [6, 6.07) is 24.2. The van der Waals surface area contributed by atoms with Crippen LogP contribution in [0.25, 0.3) is 11.1 Å². The maximum Gasteiger partial charge on any atom is 0.407 e. The van der Waals surface area contributed by atoms with Gasteiger partial charge in [0.05, 0.1) is 18.6 Å². The van der Waals surface area contributed by atoms with E-state index in [1.54, 1.807) is 11.8 Å². The minimum atomic E-state index is -1.05. The fraction of sp³-hybridized carbons (Fsp3) is 0.364. The Kier molecular flexibility index (Phi) is 8.69. The zero-order chi connectivity index (χ0) is 28.9. The number of hydrogen-bond donors (Lipinski definition) is 2. The lowest BCUT2D eigenvalue weighted by molar-refractivity contribution is -0.144. The third-order valence-corrected chi connectivity index (χ3v) is 8.27. The molecule has 8 heteroatoms. The summed E-state index contributed by atoms with van der Waals surface area (Å²) in [6.45, 7) is 4.29. The second-order valence-electron chi connectivity index (χ2n) is 10.7. The molecule has 1 aliphatic heterocycles. The Balaban J connectivity index is 1.31.